The number of aromatic nitrogens is 2. The van der Waals surface area contributed by atoms with Crippen molar-refractivity contribution in [3.05, 3.63) is 29.6 Å². The van der Waals surface area contributed by atoms with Crippen LogP contribution in [0.3, 0.4) is 0 Å². The molecule has 20 heavy (non-hydrogen) atoms. The fraction of sp³-hybridized carbons (Fsp3) is 0.529. The van der Waals surface area contributed by atoms with E-state index in [2.05, 4.69) is 38.3 Å². The summed E-state index contributed by atoms with van der Waals surface area (Å²) in [6.07, 6.45) is 2.31. The second-order valence-corrected chi connectivity index (χ2v) is 5.98. The first kappa shape index (κ1) is 14.6. The van der Waals surface area contributed by atoms with Crippen LogP contribution in [-0.2, 0) is 6.54 Å². The number of benzene rings is 1. The zero-order valence-corrected chi connectivity index (χ0v) is 12.8. The lowest BCUT2D eigenvalue weighted by Gasteiger charge is -2.15. The maximum absolute atomic E-state index is 9.03. The van der Waals surface area contributed by atoms with Crippen LogP contribution >= 0.6 is 0 Å². The van der Waals surface area contributed by atoms with Crippen molar-refractivity contribution in [3.8, 4) is 6.07 Å². The molecule has 0 aliphatic rings. The molecule has 0 saturated carbocycles. The number of rotatable bonds is 5. The molecular weight excluding hydrogens is 246 g/mol. The molecule has 3 nitrogen and oxygen atoms in total. The standard InChI is InChI=1S/C17H23N3/c1-5-6-13(4)17-19-15-9-14(10-18)7-8-16(15)20(17)11-12(2)3/h7-9,12-13H,5-6,11H2,1-4H3. The van der Waals surface area contributed by atoms with E-state index >= 15 is 0 Å². The van der Waals surface area contributed by atoms with Gasteiger partial charge in [-0.25, -0.2) is 4.98 Å². The molecule has 0 aliphatic heterocycles. The van der Waals surface area contributed by atoms with Crippen LogP contribution in [0.4, 0.5) is 0 Å². The van der Waals surface area contributed by atoms with E-state index in [9.17, 15) is 0 Å². The SMILES string of the molecule is CCCC(C)c1nc2cc(C#N)ccc2n1CC(C)C. The summed E-state index contributed by atoms with van der Waals surface area (Å²) in [6.45, 7) is 9.88. The van der Waals surface area contributed by atoms with Gasteiger partial charge in [-0.2, -0.15) is 5.26 Å². The molecule has 2 aromatic rings. The molecule has 3 heteroatoms. The van der Waals surface area contributed by atoms with Crippen LogP contribution in [-0.4, -0.2) is 9.55 Å². The van der Waals surface area contributed by atoms with Crippen molar-refractivity contribution in [1.29, 1.82) is 5.26 Å². The van der Waals surface area contributed by atoms with E-state index in [0.29, 0.717) is 17.4 Å². The number of nitrogens with zero attached hydrogens (tertiary/aromatic N) is 3. The summed E-state index contributed by atoms with van der Waals surface area (Å²) in [6, 6.07) is 8.01. The highest BCUT2D eigenvalue weighted by Crippen LogP contribution is 2.26. The van der Waals surface area contributed by atoms with Gasteiger partial charge in [0.25, 0.3) is 0 Å². The molecule has 0 fully saturated rings. The molecule has 1 aromatic heterocycles. The predicted octanol–water partition coefficient (Wildman–Crippen LogP) is 4.47. The van der Waals surface area contributed by atoms with Crippen molar-refractivity contribution >= 4 is 11.0 Å². The van der Waals surface area contributed by atoms with Gasteiger partial charge in [0.15, 0.2) is 0 Å². The molecule has 0 amide bonds. The summed E-state index contributed by atoms with van der Waals surface area (Å²) in [5.74, 6) is 2.19. The Bertz CT molecular complexity index is 631. The fourth-order valence-electron chi connectivity index (χ4n) is 2.71. The van der Waals surface area contributed by atoms with Gasteiger partial charge in [0, 0.05) is 12.5 Å². The number of fused-ring (bicyclic) bond motifs is 1. The van der Waals surface area contributed by atoms with Crippen LogP contribution in [0.5, 0.6) is 0 Å². The smallest absolute Gasteiger partial charge is 0.112 e. The second kappa shape index (κ2) is 6.09. The first-order valence-corrected chi connectivity index (χ1v) is 7.47. The zero-order valence-electron chi connectivity index (χ0n) is 12.8. The van der Waals surface area contributed by atoms with Gasteiger partial charge in [0.1, 0.15) is 5.82 Å². The van der Waals surface area contributed by atoms with E-state index in [1.54, 1.807) is 0 Å². The van der Waals surface area contributed by atoms with Crippen LogP contribution in [0, 0.1) is 17.2 Å². The fourth-order valence-corrected chi connectivity index (χ4v) is 2.71. The Morgan fingerprint density at radius 2 is 2.05 bits per heavy atom. The molecule has 0 aliphatic carbocycles. The van der Waals surface area contributed by atoms with E-state index in [-0.39, 0.29) is 0 Å². The van der Waals surface area contributed by atoms with E-state index in [0.717, 1.165) is 36.2 Å². The summed E-state index contributed by atoms with van der Waals surface area (Å²) in [5, 5.41) is 9.03. The van der Waals surface area contributed by atoms with E-state index < -0.39 is 0 Å². The van der Waals surface area contributed by atoms with Crippen molar-refractivity contribution in [2.75, 3.05) is 0 Å². The minimum Gasteiger partial charge on any atom is -0.328 e. The van der Waals surface area contributed by atoms with Crippen LogP contribution in [0.25, 0.3) is 11.0 Å². The van der Waals surface area contributed by atoms with Gasteiger partial charge in [-0.1, -0.05) is 34.1 Å². The highest BCUT2D eigenvalue weighted by molar-refractivity contribution is 5.78. The Kier molecular flexibility index (Phi) is 4.44. The van der Waals surface area contributed by atoms with Crippen molar-refractivity contribution < 1.29 is 0 Å². The minimum absolute atomic E-state index is 0.455. The number of hydrogen-bond donors (Lipinski definition) is 0. The Hall–Kier alpha value is -1.82. The average Bonchev–Trinajstić information content (AvgIpc) is 2.76. The maximum atomic E-state index is 9.03. The van der Waals surface area contributed by atoms with Gasteiger partial charge in [0.05, 0.1) is 22.7 Å². The van der Waals surface area contributed by atoms with E-state index in [1.165, 1.54) is 0 Å². The molecule has 2 rings (SSSR count). The van der Waals surface area contributed by atoms with Gasteiger partial charge in [-0.15, -0.1) is 0 Å². The lowest BCUT2D eigenvalue weighted by atomic mass is 10.1. The molecule has 1 heterocycles. The van der Waals surface area contributed by atoms with Gasteiger partial charge < -0.3 is 4.57 Å². The molecule has 0 saturated heterocycles. The van der Waals surface area contributed by atoms with Crippen LogP contribution < -0.4 is 0 Å². The first-order chi connectivity index (χ1) is 9.56. The Balaban J connectivity index is 2.56. The molecule has 0 bridgehead atoms. The van der Waals surface area contributed by atoms with Crippen LogP contribution in [0.15, 0.2) is 18.2 Å². The molecular formula is C17H23N3. The Morgan fingerprint density at radius 1 is 1.30 bits per heavy atom. The normalized spacial score (nSPS) is 12.8. The quantitative estimate of drug-likeness (QED) is 0.803. The molecule has 0 N–H and O–H groups in total. The predicted molar refractivity (Wildman–Crippen MR) is 82.6 cm³/mol. The molecule has 1 unspecified atom stereocenters. The molecule has 0 radical (unpaired) electrons. The highest BCUT2D eigenvalue weighted by atomic mass is 15.1. The number of hydrogen-bond acceptors (Lipinski definition) is 2. The largest absolute Gasteiger partial charge is 0.328 e. The summed E-state index contributed by atoms with van der Waals surface area (Å²) >= 11 is 0. The van der Waals surface area contributed by atoms with Crippen molar-refractivity contribution in [2.24, 2.45) is 5.92 Å². The van der Waals surface area contributed by atoms with Crippen molar-refractivity contribution in [3.63, 3.8) is 0 Å². The van der Waals surface area contributed by atoms with Gasteiger partial charge in [0.2, 0.25) is 0 Å². The Morgan fingerprint density at radius 3 is 2.65 bits per heavy atom. The van der Waals surface area contributed by atoms with Crippen LogP contribution in [0.1, 0.15) is 57.8 Å². The Labute approximate surface area is 121 Å². The van der Waals surface area contributed by atoms with Crippen LogP contribution in [0.2, 0.25) is 0 Å². The summed E-state index contributed by atoms with van der Waals surface area (Å²) in [7, 11) is 0. The second-order valence-electron chi connectivity index (χ2n) is 5.98. The lowest BCUT2D eigenvalue weighted by Crippen LogP contribution is -2.11. The highest BCUT2D eigenvalue weighted by Gasteiger charge is 2.17. The lowest BCUT2D eigenvalue weighted by molar-refractivity contribution is 0.493. The number of nitriles is 1. The third kappa shape index (κ3) is 2.85. The maximum Gasteiger partial charge on any atom is 0.112 e. The van der Waals surface area contributed by atoms with Gasteiger partial charge >= 0.3 is 0 Å². The molecule has 1 atom stereocenters. The third-order valence-electron chi connectivity index (χ3n) is 3.62. The van der Waals surface area contributed by atoms with Gasteiger partial charge in [-0.3, -0.25) is 0 Å². The van der Waals surface area contributed by atoms with Crippen molar-refractivity contribution in [1.82, 2.24) is 9.55 Å². The zero-order chi connectivity index (χ0) is 14.7. The van der Waals surface area contributed by atoms with E-state index in [1.807, 2.05) is 18.2 Å². The molecule has 0 spiro atoms. The average molecular weight is 269 g/mol. The topological polar surface area (TPSA) is 41.6 Å². The minimum atomic E-state index is 0.455. The molecule has 1 aromatic carbocycles. The third-order valence-corrected chi connectivity index (χ3v) is 3.62. The van der Waals surface area contributed by atoms with Gasteiger partial charge in [-0.05, 0) is 30.5 Å². The number of imidazole rings is 1. The summed E-state index contributed by atoms with van der Waals surface area (Å²) in [5.41, 5.74) is 2.78. The summed E-state index contributed by atoms with van der Waals surface area (Å²) in [4.78, 5) is 4.80. The van der Waals surface area contributed by atoms with E-state index in [4.69, 9.17) is 10.2 Å². The first-order valence-electron chi connectivity index (χ1n) is 7.47. The summed E-state index contributed by atoms with van der Waals surface area (Å²) < 4.78 is 2.33. The van der Waals surface area contributed by atoms with Crippen molar-refractivity contribution in [2.45, 2.75) is 53.0 Å². The molecule has 106 valence electrons. The monoisotopic (exact) mass is 269 g/mol.